The van der Waals surface area contributed by atoms with E-state index < -0.39 is 13.1 Å². The molecule has 0 fully saturated rings. The van der Waals surface area contributed by atoms with E-state index in [1.165, 1.54) is 0 Å². The highest BCUT2D eigenvalue weighted by molar-refractivity contribution is 7.78. The zero-order chi connectivity index (χ0) is 15.8. The Hall–Kier alpha value is -2.48. The van der Waals surface area contributed by atoms with Crippen molar-refractivity contribution in [1.29, 1.82) is 0 Å². The third-order valence-electron chi connectivity index (χ3n) is 3.16. The standard InChI is InChI=1S/C16H15N2O3P/c17-18-13-16(19)21-11-12-22(20,14-7-3-1-4-8-14)15-9-5-2-6-10-15/h1-10,13H,11-12H2. The van der Waals surface area contributed by atoms with Crippen molar-refractivity contribution in [3.63, 3.8) is 0 Å². The molecule has 0 aliphatic carbocycles. The van der Waals surface area contributed by atoms with E-state index in [-0.39, 0.29) is 12.8 Å². The molecular weight excluding hydrogens is 299 g/mol. The SMILES string of the molecule is [N-]=[N+]=CC(=O)OCCP(=O)(c1ccccc1)c1ccccc1. The smallest absolute Gasteiger partial charge is 0.413 e. The van der Waals surface area contributed by atoms with Gasteiger partial charge < -0.3 is 14.8 Å². The summed E-state index contributed by atoms with van der Waals surface area (Å²) in [5, 5.41) is 1.43. The fraction of sp³-hybridized carbons (Fsp3) is 0.125. The predicted molar refractivity (Wildman–Crippen MR) is 85.3 cm³/mol. The Morgan fingerprint density at radius 3 is 2.00 bits per heavy atom. The maximum absolute atomic E-state index is 13.5. The minimum absolute atomic E-state index is 0.0219. The van der Waals surface area contributed by atoms with Gasteiger partial charge in [-0.25, -0.2) is 4.79 Å². The number of hydrogen-bond donors (Lipinski definition) is 0. The number of carbonyl (C=O) groups is 1. The molecule has 6 heteroatoms. The van der Waals surface area contributed by atoms with Gasteiger partial charge in [0.05, 0.1) is 6.61 Å². The van der Waals surface area contributed by atoms with E-state index in [1.807, 2.05) is 60.7 Å². The lowest BCUT2D eigenvalue weighted by molar-refractivity contribution is -0.138. The Bertz CT molecular complexity index is 682. The highest BCUT2D eigenvalue weighted by Gasteiger charge is 2.27. The first-order valence-electron chi connectivity index (χ1n) is 6.71. The Balaban J connectivity index is 2.26. The van der Waals surface area contributed by atoms with Crippen molar-refractivity contribution < 1.29 is 18.9 Å². The second kappa shape index (κ2) is 7.51. The number of nitrogens with zero attached hydrogens (tertiary/aromatic N) is 2. The minimum atomic E-state index is -2.88. The van der Waals surface area contributed by atoms with Crippen LogP contribution >= 0.6 is 7.14 Å². The summed E-state index contributed by atoms with van der Waals surface area (Å²) in [6, 6.07) is 18.3. The van der Waals surface area contributed by atoms with Gasteiger partial charge in [-0.15, -0.1) is 0 Å². The van der Waals surface area contributed by atoms with Gasteiger partial charge in [-0.05, 0) is 0 Å². The third kappa shape index (κ3) is 3.79. The van der Waals surface area contributed by atoms with Crippen LogP contribution in [-0.4, -0.2) is 29.7 Å². The first kappa shape index (κ1) is 15.9. The monoisotopic (exact) mass is 314 g/mol. The molecule has 0 radical (unpaired) electrons. The third-order valence-corrected chi connectivity index (χ3v) is 6.24. The molecule has 22 heavy (non-hydrogen) atoms. The molecule has 0 unspecified atom stereocenters. The van der Waals surface area contributed by atoms with E-state index in [2.05, 4.69) is 4.79 Å². The van der Waals surface area contributed by atoms with E-state index in [9.17, 15) is 9.36 Å². The van der Waals surface area contributed by atoms with Gasteiger partial charge in [0.2, 0.25) is 0 Å². The molecule has 0 N–H and O–H groups in total. The van der Waals surface area contributed by atoms with Gasteiger partial charge in [0.15, 0.2) is 0 Å². The topological polar surface area (TPSA) is 79.8 Å². The van der Waals surface area contributed by atoms with Crippen molar-refractivity contribution in [2.45, 2.75) is 0 Å². The Morgan fingerprint density at radius 2 is 1.55 bits per heavy atom. The average molecular weight is 314 g/mol. The molecule has 2 aromatic carbocycles. The average Bonchev–Trinajstić information content (AvgIpc) is 2.56. The number of hydrogen-bond acceptors (Lipinski definition) is 3. The summed E-state index contributed by atoms with van der Waals surface area (Å²) in [5.41, 5.74) is 8.27. The van der Waals surface area contributed by atoms with Crippen LogP contribution < -0.4 is 10.6 Å². The molecule has 112 valence electrons. The van der Waals surface area contributed by atoms with E-state index >= 15 is 0 Å². The number of esters is 1. The molecule has 0 amide bonds. The van der Waals surface area contributed by atoms with Gasteiger partial charge >= 0.3 is 12.2 Å². The molecule has 0 saturated heterocycles. The van der Waals surface area contributed by atoms with Crippen LogP contribution in [0.25, 0.3) is 5.53 Å². The highest BCUT2D eigenvalue weighted by atomic mass is 31.2. The number of rotatable bonds is 6. The van der Waals surface area contributed by atoms with E-state index in [1.54, 1.807) is 0 Å². The Morgan fingerprint density at radius 1 is 1.05 bits per heavy atom. The molecule has 0 aromatic heterocycles. The largest absolute Gasteiger partial charge is 0.457 e. The van der Waals surface area contributed by atoms with Crippen LogP contribution in [0.2, 0.25) is 0 Å². The van der Waals surface area contributed by atoms with Gasteiger partial charge in [0.1, 0.15) is 7.14 Å². The first-order valence-corrected chi connectivity index (χ1v) is 8.60. The first-order chi connectivity index (χ1) is 10.7. The van der Waals surface area contributed by atoms with Crippen LogP contribution in [0.4, 0.5) is 0 Å². The van der Waals surface area contributed by atoms with Gasteiger partial charge in [-0.1, -0.05) is 60.7 Å². The maximum Gasteiger partial charge on any atom is 0.413 e. The molecule has 2 aromatic rings. The van der Waals surface area contributed by atoms with Crippen LogP contribution in [0.1, 0.15) is 0 Å². The molecule has 0 aliphatic heterocycles. The molecule has 5 nitrogen and oxygen atoms in total. The summed E-state index contributed by atoms with van der Waals surface area (Å²) in [6.07, 6.45) is 0.849. The van der Waals surface area contributed by atoms with Gasteiger partial charge in [-0.3, -0.25) is 0 Å². The molecule has 0 heterocycles. The number of benzene rings is 2. The Labute approximate surface area is 128 Å². The lowest BCUT2D eigenvalue weighted by atomic mass is 10.4. The van der Waals surface area contributed by atoms with Crippen molar-refractivity contribution in [3.8, 4) is 0 Å². The van der Waals surface area contributed by atoms with Crippen molar-refractivity contribution >= 4 is 29.9 Å². The second-order valence-corrected chi connectivity index (χ2v) is 7.51. The zero-order valence-corrected chi connectivity index (χ0v) is 12.7. The van der Waals surface area contributed by atoms with E-state index in [0.29, 0.717) is 16.8 Å². The van der Waals surface area contributed by atoms with Crippen LogP contribution in [0.15, 0.2) is 60.7 Å². The van der Waals surface area contributed by atoms with Crippen LogP contribution in [0, 0.1) is 0 Å². The fourth-order valence-corrected chi connectivity index (χ4v) is 4.57. The number of ether oxygens (including phenoxy) is 1. The quantitative estimate of drug-likeness (QED) is 0.268. The predicted octanol–water partition coefficient (Wildman–Crippen LogP) is 1.84. The zero-order valence-electron chi connectivity index (χ0n) is 11.8. The molecule has 0 bridgehead atoms. The van der Waals surface area contributed by atoms with Crippen LogP contribution in [0.3, 0.4) is 0 Å². The number of carbonyl (C=O) groups excluding carboxylic acids is 1. The second-order valence-electron chi connectivity index (χ2n) is 4.55. The van der Waals surface area contributed by atoms with Gasteiger partial charge in [-0.2, -0.15) is 4.79 Å². The van der Waals surface area contributed by atoms with Gasteiger partial charge in [0, 0.05) is 16.8 Å². The lowest BCUT2D eigenvalue weighted by Crippen LogP contribution is -2.21. The molecular formula is C16H15N2O3P. The molecule has 0 atom stereocenters. The maximum atomic E-state index is 13.5. The van der Waals surface area contributed by atoms with E-state index in [0.717, 1.165) is 0 Å². The van der Waals surface area contributed by atoms with Gasteiger partial charge in [0.25, 0.3) is 0 Å². The molecule has 0 aliphatic rings. The lowest BCUT2D eigenvalue weighted by Gasteiger charge is -2.18. The van der Waals surface area contributed by atoms with E-state index in [4.69, 9.17) is 10.3 Å². The highest BCUT2D eigenvalue weighted by Crippen LogP contribution is 2.42. The summed E-state index contributed by atoms with van der Waals surface area (Å²) < 4.78 is 18.4. The van der Waals surface area contributed by atoms with Crippen molar-refractivity contribution in [2.75, 3.05) is 12.8 Å². The van der Waals surface area contributed by atoms with Crippen molar-refractivity contribution in [2.24, 2.45) is 0 Å². The summed E-state index contributed by atoms with van der Waals surface area (Å²) >= 11 is 0. The summed E-state index contributed by atoms with van der Waals surface area (Å²) in [5.74, 6) is -0.768. The summed E-state index contributed by atoms with van der Waals surface area (Å²) in [7, 11) is -2.88. The van der Waals surface area contributed by atoms with Crippen LogP contribution in [0.5, 0.6) is 0 Å². The minimum Gasteiger partial charge on any atom is -0.457 e. The van der Waals surface area contributed by atoms with Crippen molar-refractivity contribution in [1.82, 2.24) is 0 Å². The molecule has 0 saturated carbocycles. The Kier molecular flexibility index (Phi) is 5.42. The fourth-order valence-electron chi connectivity index (χ4n) is 2.10. The normalized spacial score (nSPS) is 10.5. The molecule has 2 rings (SSSR count). The summed E-state index contributed by atoms with van der Waals surface area (Å²) in [6.45, 7) is -0.0219. The van der Waals surface area contributed by atoms with Crippen LogP contribution in [-0.2, 0) is 14.1 Å². The molecule has 0 spiro atoms. The van der Waals surface area contributed by atoms with Crippen molar-refractivity contribution in [3.05, 3.63) is 66.2 Å². The summed E-state index contributed by atoms with van der Waals surface area (Å²) in [4.78, 5) is 13.8.